The molecule has 0 saturated carbocycles. The average Bonchev–Trinajstić information content (AvgIpc) is 3.31. The van der Waals surface area contributed by atoms with E-state index < -0.39 is 0 Å². The maximum absolute atomic E-state index is 12.8. The predicted molar refractivity (Wildman–Crippen MR) is 131 cm³/mol. The predicted octanol–water partition coefficient (Wildman–Crippen LogP) is 3.48. The first-order valence-corrected chi connectivity index (χ1v) is 11.4. The molecule has 0 spiro atoms. The summed E-state index contributed by atoms with van der Waals surface area (Å²) >= 11 is 0. The minimum atomic E-state index is -0.138. The van der Waals surface area contributed by atoms with Gasteiger partial charge in [-0.05, 0) is 30.2 Å². The molecule has 8 nitrogen and oxygen atoms in total. The standard InChI is InChI=1S/C26H29N5O3/c1-19(7-5-6-15-30-18-22(14-16-32)28-29-30)25(34-2)20-10-12-23(13-11-20)31-26(33)24-9-4-3-8-21(24)17-27-31/h3-5,7-13,17-19,25,32H,6,14-16H2,1-2H3/b7-5+/t19-,25+/m0/s1. The molecule has 2 aromatic carbocycles. The highest BCUT2D eigenvalue weighted by atomic mass is 16.5. The fraction of sp³-hybridized carbons (Fsp3) is 0.308. The highest BCUT2D eigenvalue weighted by Gasteiger charge is 2.17. The molecule has 0 bridgehead atoms. The van der Waals surface area contributed by atoms with Crippen molar-refractivity contribution in [1.29, 1.82) is 0 Å². The number of aromatic nitrogens is 5. The molecule has 0 fully saturated rings. The van der Waals surface area contributed by atoms with Crippen LogP contribution in [0.15, 0.2) is 77.9 Å². The van der Waals surface area contributed by atoms with Gasteiger partial charge in [0.2, 0.25) is 0 Å². The fourth-order valence-corrected chi connectivity index (χ4v) is 4.03. The van der Waals surface area contributed by atoms with Gasteiger partial charge in [-0.25, -0.2) is 0 Å². The van der Waals surface area contributed by atoms with E-state index in [4.69, 9.17) is 9.84 Å². The van der Waals surface area contributed by atoms with Crippen molar-refractivity contribution in [2.45, 2.75) is 32.4 Å². The molecule has 0 aliphatic rings. The van der Waals surface area contributed by atoms with Gasteiger partial charge in [-0.15, -0.1) is 5.10 Å². The zero-order chi connectivity index (χ0) is 23.9. The van der Waals surface area contributed by atoms with Gasteiger partial charge in [0.1, 0.15) is 0 Å². The number of fused-ring (bicyclic) bond motifs is 1. The molecular formula is C26H29N5O3. The number of nitrogens with zero attached hydrogens (tertiary/aromatic N) is 5. The van der Waals surface area contributed by atoms with E-state index in [1.807, 2.05) is 54.7 Å². The lowest BCUT2D eigenvalue weighted by Gasteiger charge is -2.21. The largest absolute Gasteiger partial charge is 0.396 e. The molecule has 2 atom stereocenters. The van der Waals surface area contributed by atoms with Gasteiger partial charge in [-0.2, -0.15) is 9.78 Å². The van der Waals surface area contributed by atoms with E-state index in [9.17, 15) is 4.79 Å². The minimum Gasteiger partial charge on any atom is -0.396 e. The second kappa shape index (κ2) is 11.0. The van der Waals surface area contributed by atoms with E-state index in [0.29, 0.717) is 17.5 Å². The summed E-state index contributed by atoms with van der Waals surface area (Å²) < 4.78 is 9.00. The van der Waals surface area contributed by atoms with Gasteiger partial charge in [0.25, 0.3) is 5.56 Å². The van der Waals surface area contributed by atoms with Crippen molar-refractivity contribution in [2.24, 2.45) is 5.92 Å². The number of aryl methyl sites for hydroxylation is 1. The van der Waals surface area contributed by atoms with E-state index in [1.165, 1.54) is 4.68 Å². The number of hydrogen-bond acceptors (Lipinski definition) is 6. The van der Waals surface area contributed by atoms with Crippen molar-refractivity contribution in [3.63, 3.8) is 0 Å². The molecule has 2 heterocycles. The number of aliphatic hydroxyl groups excluding tert-OH is 1. The quantitative estimate of drug-likeness (QED) is 0.365. The van der Waals surface area contributed by atoms with Crippen LogP contribution < -0.4 is 5.56 Å². The van der Waals surface area contributed by atoms with Crippen molar-refractivity contribution >= 4 is 10.8 Å². The molecule has 0 saturated heterocycles. The van der Waals surface area contributed by atoms with E-state index in [-0.39, 0.29) is 24.2 Å². The summed E-state index contributed by atoms with van der Waals surface area (Å²) in [5, 5.41) is 22.9. The summed E-state index contributed by atoms with van der Waals surface area (Å²) in [5.41, 5.74) is 2.40. The topological polar surface area (TPSA) is 95.1 Å². The lowest BCUT2D eigenvalue weighted by molar-refractivity contribution is 0.0740. The molecule has 8 heteroatoms. The Kier molecular flexibility index (Phi) is 7.61. The minimum absolute atomic E-state index is 0.0744. The van der Waals surface area contributed by atoms with Gasteiger partial charge in [0.05, 0.1) is 29.1 Å². The van der Waals surface area contributed by atoms with Gasteiger partial charge in [0, 0.05) is 44.2 Å². The molecule has 0 unspecified atom stereocenters. The summed E-state index contributed by atoms with van der Waals surface area (Å²) in [4.78, 5) is 12.8. The van der Waals surface area contributed by atoms with Crippen molar-refractivity contribution < 1.29 is 9.84 Å². The van der Waals surface area contributed by atoms with E-state index >= 15 is 0 Å². The van der Waals surface area contributed by atoms with Crippen LogP contribution >= 0.6 is 0 Å². The molecule has 34 heavy (non-hydrogen) atoms. The third-order valence-corrected chi connectivity index (χ3v) is 5.81. The van der Waals surface area contributed by atoms with Gasteiger partial charge in [-0.1, -0.05) is 54.6 Å². The first kappa shape index (κ1) is 23.5. The number of aliphatic hydroxyl groups is 1. The number of allylic oxidation sites excluding steroid dienone is 1. The molecule has 0 radical (unpaired) electrons. The van der Waals surface area contributed by atoms with Crippen molar-refractivity contribution in [2.75, 3.05) is 13.7 Å². The summed E-state index contributed by atoms with van der Waals surface area (Å²) in [5.74, 6) is 0.151. The average molecular weight is 460 g/mol. The monoisotopic (exact) mass is 459 g/mol. The van der Waals surface area contributed by atoms with Crippen molar-refractivity contribution in [3.8, 4) is 5.69 Å². The summed E-state index contributed by atoms with van der Waals surface area (Å²) in [7, 11) is 1.70. The zero-order valence-electron chi connectivity index (χ0n) is 19.4. The van der Waals surface area contributed by atoms with E-state index in [2.05, 4.69) is 34.5 Å². The Morgan fingerprint density at radius 2 is 1.94 bits per heavy atom. The number of methoxy groups -OCH3 is 1. The van der Waals surface area contributed by atoms with Crippen molar-refractivity contribution in [3.05, 3.63) is 94.7 Å². The van der Waals surface area contributed by atoms with Crippen molar-refractivity contribution in [1.82, 2.24) is 24.8 Å². The second-order valence-corrected chi connectivity index (χ2v) is 8.22. The molecule has 0 aliphatic heterocycles. The number of rotatable bonds is 10. The highest BCUT2D eigenvalue weighted by molar-refractivity contribution is 5.80. The Hall–Kier alpha value is -3.62. The molecule has 4 aromatic rings. The molecular weight excluding hydrogens is 430 g/mol. The molecule has 2 aromatic heterocycles. The molecule has 4 rings (SSSR count). The molecule has 0 aliphatic carbocycles. The Balaban J connectivity index is 1.41. The van der Waals surface area contributed by atoms with Crippen LogP contribution in [0.4, 0.5) is 0 Å². The van der Waals surface area contributed by atoms with Crippen LogP contribution in [0.1, 0.15) is 30.7 Å². The van der Waals surface area contributed by atoms with Crippen LogP contribution in [-0.4, -0.2) is 43.6 Å². The molecule has 176 valence electrons. The lowest BCUT2D eigenvalue weighted by Crippen LogP contribution is -2.21. The van der Waals surface area contributed by atoms with Crippen LogP contribution in [-0.2, 0) is 17.7 Å². The Morgan fingerprint density at radius 3 is 2.71 bits per heavy atom. The summed E-state index contributed by atoms with van der Waals surface area (Å²) in [6.07, 6.45) is 9.06. The second-order valence-electron chi connectivity index (χ2n) is 8.22. The fourth-order valence-electron chi connectivity index (χ4n) is 4.03. The summed E-state index contributed by atoms with van der Waals surface area (Å²) in [6, 6.07) is 15.2. The van der Waals surface area contributed by atoms with Crippen LogP contribution in [0.2, 0.25) is 0 Å². The normalized spacial score (nSPS) is 13.5. The lowest BCUT2D eigenvalue weighted by atomic mass is 9.96. The third kappa shape index (κ3) is 5.30. The zero-order valence-corrected chi connectivity index (χ0v) is 19.4. The molecule has 1 N–H and O–H groups in total. The first-order valence-electron chi connectivity index (χ1n) is 11.4. The van der Waals surface area contributed by atoms with Crippen LogP contribution in [0.5, 0.6) is 0 Å². The summed E-state index contributed by atoms with van der Waals surface area (Å²) in [6.45, 7) is 2.91. The Bertz CT molecular complexity index is 1310. The van der Waals surface area contributed by atoms with Gasteiger partial charge in [-0.3, -0.25) is 9.48 Å². The van der Waals surface area contributed by atoms with E-state index in [1.54, 1.807) is 18.0 Å². The van der Waals surface area contributed by atoms with Gasteiger partial charge in [0.15, 0.2) is 0 Å². The van der Waals surface area contributed by atoms with Crippen LogP contribution in [0.3, 0.4) is 0 Å². The first-order chi connectivity index (χ1) is 16.6. The number of hydrogen-bond donors (Lipinski definition) is 1. The van der Waals surface area contributed by atoms with Crippen LogP contribution in [0.25, 0.3) is 16.5 Å². The Morgan fingerprint density at radius 1 is 1.15 bits per heavy atom. The Labute approximate surface area is 198 Å². The van der Waals surface area contributed by atoms with Gasteiger partial charge < -0.3 is 9.84 Å². The molecule has 0 amide bonds. The number of benzene rings is 2. The smallest absolute Gasteiger partial charge is 0.279 e. The van der Waals surface area contributed by atoms with Crippen LogP contribution in [0, 0.1) is 5.92 Å². The van der Waals surface area contributed by atoms with E-state index in [0.717, 1.165) is 29.6 Å². The third-order valence-electron chi connectivity index (χ3n) is 5.81. The maximum atomic E-state index is 12.8. The number of ether oxygens (including phenoxy) is 1. The SMILES string of the molecule is CO[C@@H](c1ccc(-n2ncc3ccccc3c2=O)cc1)[C@@H](C)/C=C/CCn1cc(CCO)nn1. The highest BCUT2D eigenvalue weighted by Crippen LogP contribution is 2.27. The van der Waals surface area contributed by atoms with Gasteiger partial charge >= 0.3 is 0 Å². The maximum Gasteiger partial charge on any atom is 0.279 e.